The van der Waals surface area contributed by atoms with Crippen LogP contribution >= 0.6 is 49.6 Å². The van der Waals surface area contributed by atoms with Crippen LogP contribution in [0.1, 0.15) is 1.43 Å². The summed E-state index contributed by atoms with van der Waals surface area (Å²) in [5.41, 5.74) is 0. The Kier molecular flexibility index (Phi) is 508. The van der Waals surface area contributed by atoms with Crippen LogP contribution in [0.25, 0.3) is 0 Å². The fourth-order valence-electron chi connectivity index (χ4n) is 0. The number of hydrogen-bond acceptors (Lipinski definition) is 0. The Labute approximate surface area is 100 Å². The summed E-state index contributed by atoms with van der Waals surface area (Å²) in [5, 5.41) is 0. The molecule has 0 fully saturated rings. The Bertz CT molecular complexity index is 11.7. The molecule has 0 heterocycles. The second-order valence-corrected chi connectivity index (χ2v) is 0. The molecule has 0 aromatic heterocycles. The fourth-order valence-corrected chi connectivity index (χ4v) is 0. The molecule has 0 amide bonds. The zero-order valence-electron chi connectivity index (χ0n) is 3.95. The van der Waals surface area contributed by atoms with Crippen LogP contribution in [0.4, 0.5) is 0 Å². The molecule has 0 bridgehead atoms. The zero-order valence-corrected chi connectivity index (χ0v) is 10.5. The molecule has 6 heteroatoms. The summed E-state index contributed by atoms with van der Waals surface area (Å²) in [5.74, 6) is 0. The normalized spacial score (nSPS) is 0. The van der Waals surface area contributed by atoms with E-state index in [4.69, 9.17) is 0 Å². The minimum absolute atomic E-state index is 0. The molecule has 0 aromatic carbocycles. The third kappa shape index (κ3) is 28.9. The van der Waals surface area contributed by atoms with Crippen molar-refractivity contribution in [3.05, 3.63) is 0 Å². The van der Waals surface area contributed by atoms with E-state index in [2.05, 4.69) is 0 Å². The van der Waals surface area contributed by atoms with Gasteiger partial charge in [0.05, 0.1) is 0 Å². The van der Waals surface area contributed by atoms with Crippen LogP contribution < -0.4 is 29.6 Å². The Morgan fingerprint density at radius 3 is 0.667 bits per heavy atom. The van der Waals surface area contributed by atoms with Crippen LogP contribution in [-0.4, -0.2) is 0 Å². The van der Waals surface area contributed by atoms with E-state index < -0.39 is 0 Å². The maximum absolute atomic E-state index is 0. The van der Waals surface area contributed by atoms with Crippen molar-refractivity contribution in [2.45, 2.75) is 0 Å². The largest absolute Gasteiger partial charge is 1.00 e. The van der Waals surface area contributed by atoms with Crippen LogP contribution in [0.5, 0.6) is 0 Å². The first kappa shape index (κ1) is 67.2. The molecule has 0 unspecified atom stereocenters. The Morgan fingerprint density at radius 2 is 0.667 bits per heavy atom. The molecular weight excluding hydrogens is 360 g/mol. The van der Waals surface area contributed by atoms with Crippen LogP contribution in [-0.2, 0) is 21.1 Å². The van der Waals surface area contributed by atoms with Gasteiger partial charge < -0.3 is 1.43 Å². The van der Waals surface area contributed by atoms with Gasteiger partial charge in [0.15, 0.2) is 0 Å². The van der Waals surface area contributed by atoms with Crippen molar-refractivity contribution in [3.8, 4) is 0 Å². The summed E-state index contributed by atoms with van der Waals surface area (Å²) in [6, 6.07) is 0. The Balaban J connectivity index is 0. The van der Waals surface area contributed by atoms with Crippen molar-refractivity contribution in [1.29, 1.82) is 0 Å². The third-order valence-electron chi connectivity index (χ3n) is 0. The first-order valence-electron chi connectivity index (χ1n) is 0. The smallest absolute Gasteiger partial charge is 1.00 e. The summed E-state index contributed by atoms with van der Waals surface area (Å²) in [7, 11) is 0. The minimum Gasteiger partial charge on any atom is -1.00 e. The summed E-state index contributed by atoms with van der Waals surface area (Å²) in [4.78, 5) is 0. The molecule has 44 valence electrons. The summed E-state index contributed by atoms with van der Waals surface area (Å²) >= 11 is 0. The van der Waals surface area contributed by atoms with E-state index in [1.807, 2.05) is 0 Å². The van der Waals surface area contributed by atoms with Crippen LogP contribution in [0, 0.1) is 0 Å². The van der Waals surface area contributed by atoms with Crippen molar-refractivity contribution >= 4 is 49.6 Å². The predicted molar refractivity (Wildman–Crippen MR) is 30.1 cm³/mol. The quantitative estimate of drug-likeness (QED) is 0.474. The average molecular weight is 365 g/mol. The molecule has 0 aliphatic carbocycles. The molecule has 0 nitrogen and oxygen atoms in total. The molecule has 0 saturated heterocycles. The second-order valence-electron chi connectivity index (χ2n) is 0. The van der Waals surface area contributed by atoms with Crippen LogP contribution in [0.3, 0.4) is 0 Å². The standard InChI is InChI=1S/4ClH.Na.Pt.H/h4*1H;;;/q;;;;+1;;-1. The van der Waals surface area contributed by atoms with E-state index in [9.17, 15) is 0 Å². The summed E-state index contributed by atoms with van der Waals surface area (Å²) < 4.78 is 0. The number of rotatable bonds is 0. The van der Waals surface area contributed by atoms with Gasteiger partial charge in [-0.05, 0) is 0 Å². The van der Waals surface area contributed by atoms with Gasteiger partial charge in [-0.2, -0.15) is 0 Å². The number of halogens is 4. The SMILES string of the molecule is Cl.Cl.Cl.Cl.[H-].[Na+].[Pt]. The first-order valence-corrected chi connectivity index (χ1v) is 0. The third-order valence-corrected chi connectivity index (χ3v) is 0. The molecule has 0 atom stereocenters. The van der Waals surface area contributed by atoms with Crippen molar-refractivity contribution < 1.29 is 52.0 Å². The molecule has 0 spiro atoms. The molecule has 0 saturated carbocycles. The van der Waals surface area contributed by atoms with Gasteiger partial charge in [0, 0.05) is 21.1 Å². The van der Waals surface area contributed by atoms with Crippen LogP contribution in [0.15, 0.2) is 0 Å². The molecule has 0 aliphatic rings. The van der Waals surface area contributed by atoms with Crippen molar-refractivity contribution in [2.75, 3.05) is 0 Å². The topological polar surface area (TPSA) is 0 Å². The van der Waals surface area contributed by atoms with Gasteiger partial charge in [0.2, 0.25) is 0 Å². The summed E-state index contributed by atoms with van der Waals surface area (Å²) in [6.45, 7) is 0. The molecule has 0 radical (unpaired) electrons. The van der Waals surface area contributed by atoms with E-state index in [0.29, 0.717) is 0 Å². The minimum atomic E-state index is 0. The fraction of sp³-hybridized carbons (Fsp3) is 0. The van der Waals surface area contributed by atoms with Gasteiger partial charge in [-0.1, -0.05) is 0 Å². The maximum Gasteiger partial charge on any atom is 1.00 e. The van der Waals surface area contributed by atoms with E-state index in [-0.39, 0.29) is 102 Å². The van der Waals surface area contributed by atoms with E-state index in [1.165, 1.54) is 0 Å². The molecular formula is H5Cl4NaPt. The number of hydrogen-bond donors (Lipinski definition) is 0. The Hall–Kier alpha value is 2.85. The van der Waals surface area contributed by atoms with Gasteiger partial charge in [0.25, 0.3) is 0 Å². The Morgan fingerprint density at radius 1 is 0.667 bits per heavy atom. The van der Waals surface area contributed by atoms with Crippen molar-refractivity contribution in [1.82, 2.24) is 0 Å². The molecule has 0 aliphatic heterocycles. The van der Waals surface area contributed by atoms with Gasteiger partial charge in [-0.3, -0.25) is 0 Å². The van der Waals surface area contributed by atoms with E-state index >= 15 is 0 Å². The van der Waals surface area contributed by atoms with Gasteiger partial charge in [-0.25, -0.2) is 0 Å². The maximum atomic E-state index is 0. The van der Waals surface area contributed by atoms with E-state index in [1.54, 1.807) is 0 Å². The van der Waals surface area contributed by atoms with Crippen LogP contribution in [0.2, 0.25) is 0 Å². The van der Waals surface area contributed by atoms with Crippen molar-refractivity contribution in [3.63, 3.8) is 0 Å². The average Bonchev–Trinajstić information content (AvgIpc) is 0. The first-order chi connectivity index (χ1) is 0. The van der Waals surface area contributed by atoms with Gasteiger partial charge >= 0.3 is 29.6 Å². The molecule has 0 N–H and O–H groups in total. The molecule has 0 aromatic rings. The second kappa shape index (κ2) is 45.4. The summed E-state index contributed by atoms with van der Waals surface area (Å²) in [6.07, 6.45) is 0. The van der Waals surface area contributed by atoms with Gasteiger partial charge in [-0.15, -0.1) is 49.6 Å². The monoisotopic (exact) mass is 363 g/mol. The zero-order chi connectivity index (χ0) is 0. The predicted octanol–water partition coefficient (Wildman–Crippen LogP) is -1.20. The van der Waals surface area contributed by atoms with E-state index in [0.717, 1.165) is 0 Å². The van der Waals surface area contributed by atoms with Gasteiger partial charge in [0.1, 0.15) is 0 Å². The molecule has 0 rings (SSSR count). The molecule has 6 heavy (non-hydrogen) atoms. The van der Waals surface area contributed by atoms with Crippen molar-refractivity contribution in [2.24, 2.45) is 0 Å².